The Kier molecular flexibility index (Phi) is 5.31. The summed E-state index contributed by atoms with van der Waals surface area (Å²) in [7, 11) is 0. The minimum Gasteiger partial charge on any atom is -0.457 e. The zero-order chi connectivity index (χ0) is 17.8. The molecule has 0 spiro atoms. The average molecular weight is 344 g/mol. The molecule has 1 atom stereocenters. The van der Waals surface area contributed by atoms with E-state index in [1.807, 2.05) is 24.3 Å². The summed E-state index contributed by atoms with van der Waals surface area (Å²) in [5, 5.41) is 9.55. The van der Waals surface area contributed by atoms with Crippen LogP contribution in [0, 0.1) is 5.82 Å². The predicted molar refractivity (Wildman–Crippen MR) is 92.2 cm³/mol. The predicted octanol–water partition coefficient (Wildman–Crippen LogP) is 2.33. The maximum absolute atomic E-state index is 14.1. The molecule has 1 amide bonds. The van der Waals surface area contributed by atoms with E-state index < -0.39 is 17.8 Å². The first-order valence-electron chi connectivity index (χ1n) is 8.30. The second kappa shape index (κ2) is 7.63. The van der Waals surface area contributed by atoms with Gasteiger partial charge in [0.1, 0.15) is 17.3 Å². The van der Waals surface area contributed by atoms with Gasteiger partial charge >= 0.3 is 0 Å². The number of ether oxygens (including phenoxy) is 1. The summed E-state index contributed by atoms with van der Waals surface area (Å²) in [6.07, 6.45) is 0.758. The van der Waals surface area contributed by atoms with Crippen molar-refractivity contribution >= 4 is 5.91 Å². The Labute approximate surface area is 145 Å². The van der Waals surface area contributed by atoms with Crippen molar-refractivity contribution in [2.45, 2.75) is 18.9 Å². The zero-order valence-corrected chi connectivity index (χ0v) is 13.8. The van der Waals surface area contributed by atoms with Gasteiger partial charge in [-0.15, -0.1) is 0 Å². The highest BCUT2D eigenvalue weighted by molar-refractivity contribution is 5.95. The molecule has 1 heterocycles. The van der Waals surface area contributed by atoms with Crippen molar-refractivity contribution in [1.29, 1.82) is 0 Å². The lowest BCUT2D eigenvalue weighted by Crippen LogP contribution is -2.30. The maximum atomic E-state index is 14.1. The normalized spacial score (nSPS) is 16.9. The van der Waals surface area contributed by atoms with Gasteiger partial charge < -0.3 is 20.5 Å². The smallest absolute Gasteiger partial charge is 0.257 e. The van der Waals surface area contributed by atoms with Gasteiger partial charge in [-0.05, 0) is 55.3 Å². The molecule has 0 aliphatic carbocycles. The summed E-state index contributed by atoms with van der Waals surface area (Å²) in [4.78, 5) is 13.9. The monoisotopic (exact) mass is 344 g/mol. The van der Waals surface area contributed by atoms with E-state index in [4.69, 9.17) is 10.5 Å². The summed E-state index contributed by atoms with van der Waals surface area (Å²) < 4.78 is 19.8. The van der Waals surface area contributed by atoms with Gasteiger partial charge in [0, 0.05) is 13.1 Å². The van der Waals surface area contributed by atoms with Crippen molar-refractivity contribution in [2.24, 2.45) is 5.73 Å². The van der Waals surface area contributed by atoms with Crippen molar-refractivity contribution in [3.05, 3.63) is 59.4 Å². The molecule has 1 saturated heterocycles. The van der Waals surface area contributed by atoms with Crippen molar-refractivity contribution in [1.82, 2.24) is 4.90 Å². The molecule has 0 radical (unpaired) electrons. The number of hydrogen-bond acceptors (Lipinski definition) is 4. The van der Waals surface area contributed by atoms with Gasteiger partial charge in [0.15, 0.2) is 0 Å². The molecule has 3 N–H and O–H groups in total. The second-order valence-corrected chi connectivity index (χ2v) is 6.12. The molecule has 132 valence electrons. The summed E-state index contributed by atoms with van der Waals surface area (Å²) in [6, 6.07) is 11.6. The Bertz CT molecular complexity index is 749. The largest absolute Gasteiger partial charge is 0.457 e. The van der Waals surface area contributed by atoms with E-state index in [1.165, 1.54) is 23.1 Å². The highest BCUT2D eigenvalue weighted by atomic mass is 19.1. The lowest BCUT2D eigenvalue weighted by molar-refractivity contribution is 0.0760. The number of hydrogen-bond donors (Lipinski definition) is 2. The molecule has 1 fully saturated rings. The molecule has 25 heavy (non-hydrogen) atoms. The van der Waals surface area contributed by atoms with Crippen LogP contribution in [0.3, 0.4) is 0 Å². The van der Waals surface area contributed by atoms with Crippen LogP contribution < -0.4 is 10.5 Å². The van der Waals surface area contributed by atoms with E-state index in [2.05, 4.69) is 0 Å². The molecule has 1 aliphatic heterocycles. The first-order chi connectivity index (χ1) is 12.1. The molecule has 3 rings (SSSR count). The third-order valence-corrected chi connectivity index (χ3v) is 4.21. The summed E-state index contributed by atoms with van der Waals surface area (Å²) in [6.45, 7) is 1.23. The lowest BCUT2D eigenvalue weighted by Gasteiger charge is -2.16. The number of nitrogens with zero attached hydrogens (tertiary/aromatic N) is 1. The van der Waals surface area contributed by atoms with Crippen LogP contribution in [0.2, 0.25) is 0 Å². The fourth-order valence-corrected chi connectivity index (χ4v) is 2.86. The Balaban J connectivity index is 1.75. The molecule has 0 aromatic heterocycles. The van der Waals surface area contributed by atoms with Crippen molar-refractivity contribution in [3.8, 4) is 11.5 Å². The number of likely N-dealkylation sites (tertiary alicyclic amines) is 1. The Hall–Kier alpha value is -2.44. The van der Waals surface area contributed by atoms with Crippen molar-refractivity contribution in [3.63, 3.8) is 0 Å². The van der Waals surface area contributed by atoms with Crippen molar-refractivity contribution in [2.75, 3.05) is 19.6 Å². The Morgan fingerprint density at radius 1 is 1.24 bits per heavy atom. The van der Waals surface area contributed by atoms with Crippen molar-refractivity contribution < 1.29 is 19.0 Å². The van der Waals surface area contributed by atoms with Crippen LogP contribution >= 0.6 is 0 Å². The number of halogens is 1. The minimum atomic E-state index is -0.600. The van der Waals surface area contributed by atoms with Gasteiger partial charge in [-0.2, -0.15) is 0 Å². The molecular formula is C19H21FN2O3. The van der Waals surface area contributed by atoms with Gasteiger partial charge in [-0.25, -0.2) is 4.39 Å². The highest BCUT2D eigenvalue weighted by Gasteiger charge is 2.27. The SMILES string of the molecule is NCCc1ccc(Oc2ccc(F)c(C(=O)N3CCC(O)C3)c2)cc1. The third kappa shape index (κ3) is 4.15. The van der Waals surface area contributed by atoms with E-state index in [0.717, 1.165) is 12.0 Å². The van der Waals surface area contributed by atoms with Gasteiger partial charge in [-0.1, -0.05) is 12.1 Å². The fraction of sp³-hybridized carbons (Fsp3) is 0.316. The first-order valence-corrected chi connectivity index (χ1v) is 8.30. The molecule has 1 unspecified atom stereocenters. The molecule has 2 aromatic carbocycles. The topological polar surface area (TPSA) is 75.8 Å². The van der Waals surface area contributed by atoms with E-state index in [-0.39, 0.29) is 12.1 Å². The van der Waals surface area contributed by atoms with E-state index in [0.29, 0.717) is 31.0 Å². The van der Waals surface area contributed by atoms with Gasteiger partial charge in [0.2, 0.25) is 0 Å². The lowest BCUT2D eigenvalue weighted by atomic mass is 10.1. The summed E-state index contributed by atoms with van der Waals surface area (Å²) >= 11 is 0. The van der Waals surface area contributed by atoms with Crippen LogP contribution in [0.5, 0.6) is 11.5 Å². The van der Waals surface area contributed by atoms with Crippen LogP contribution in [0.1, 0.15) is 22.3 Å². The number of aliphatic hydroxyl groups is 1. The number of nitrogens with two attached hydrogens (primary N) is 1. The molecular weight excluding hydrogens is 323 g/mol. The quantitative estimate of drug-likeness (QED) is 0.873. The molecule has 5 nitrogen and oxygen atoms in total. The number of carbonyl (C=O) groups is 1. The maximum Gasteiger partial charge on any atom is 0.257 e. The summed E-state index contributed by atoms with van der Waals surface area (Å²) in [5.74, 6) is -0.0479. The molecule has 0 bridgehead atoms. The highest BCUT2D eigenvalue weighted by Crippen LogP contribution is 2.25. The van der Waals surface area contributed by atoms with E-state index in [9.17, 15) is 14.3 Å². The van der Waals surface area contributed by atoms with Gasteiger partial charge in [0.05, 0.1) is 11.7 Å². The van der Waals surface area contributed by atoms with Gasteiger partial charge in [-0.3, -0.25) is 4.79 Å². The molecule has 6 heteroatoms. The molecule has 0 saturated carbocycles. The Morgan fingerprint density at radius 3 is 2.60 bits per heavy atom. The standard InChI is InChI=1S/C19H21FN2O3/c20-18-6-5-16(25-15-3-1-13(2-4-15)7-9-21)11-17(18)19(24)22-10-8-14(23)12-22/h1-6,11,14,23H,7-10,12,21H2. The third-order valence-electron chi connectivity index (χ3n) is 4.21. The van der Waals surface area contributed by atoms with Crippen LogP contribution in [0.15, 0.2) is 42.5 Å². The number of benzene rings is 2. The van der Waals surface area contributed by atoms with Crippen LogP contribution in [-0.2, 0) is 6.42 Å². The molecule has 1 aliphatic rings. The zero-order valence-electron chi connectivity index (χ0n) is 13.8. The average Bonchev–Trinajstić information content (AvgIpc) is 3.04. The van der Waals surface area contributed by atoms with Crippen LogP contribution in [0.25, 0.3) is 0 Å². The Morgan fingerprint density at radius 2 is 1.96 bits per heavy atom. The number of β-amino-alcohol motifs (C(OH)–C–C–N with tert-alkyl or cyclic N) is 1. The van der Waals surface area contributed by atoms with E-state index in [1.54, 1.807) is 0 Å². The number of aliphatic hydroxyl groups excluding tert-OH is 1. The summed E-state index contributed by atoms with van der Waals surface area (Å²) in [5.41, 5.74) is 6.58. The second-order valence-electron chi connectivity index (χ2n) is 6.12. The number of rotatable bonds is 5. The number of carbonyl (C=O) groups excluding carboxylic acids is 1. The van der Waals surface area contributed by atoms with Crippen LogP contribution in [0.4, 0.5) is 4.39 Å². The fourth-order valence-electron chi connectivity index (χ4n) is 2.86. The van der Waals surface area contributed by atoms with Crippen LogP contribution in [-0.4, -0.2) is 41.7 Å². The first kappa shape index (κ1) is 17.4. The number of amides is 1. The van der Waals surface area contributed by atoms with Gasteiger partial charge in [0.25, 0.3) is 5.91 Å². The minimum absolute atomic E-state index is 0.0497. The van der Waals surface area contributed by atoms with E-state index >= 15 is 0 Å². The molecule has 2 aromatic rings.